The summed E-state index contributed by atoms with van der Waals surface area (Å²) >= 11 is 0. The summed E-state index contributed by atoms with van der Waals surface area (Å²) in [6, 6.07) is 5.99. The highest BCUT2D eigenvalue weighted by Crippen LogP contribution is 2.35. The summed E-state index contributed by atoms with van der Waals surface area (Å²) in [5.74, 6) is 1.80. The molecule has 0 saturated carbocycles. The first-order valence-electron chi connectivity index (χ1n) is 4.79. The Morgan fingerprint density at radius 3 is 2.69 bits per heavy atom. The van der Waals surface area contributed by atoms with Gasteiger partial charge in [-0.05, 0) is 18.1 Å². The number of hydrogen-bond acceptors (Lipinski definition) is 2. The second-order valence-corrected chi connectivity index (χ2v) is 2.50. The topological polar surface area (TPSA) is 18.5 Å². The van der Waals surface area contributed by atoms with Gasteiger partial charge in [0.15, 0.2) is 11.5 Å². The van der Waals surface area contributed by atoms with Crippen molar-refractivity contribution in [2.24, 2.45) is 0 Å². The van der Waals surface area contributed by atoms with E-state index in [1.807, 2.05) is 26.0 Å². The van der Waals surface area contributed by atoms with Crippen molar-refractivity contribution in [3.8, 4) is 11.5 Å². The predicted octanol–water partition coefficient (Wildman–Crippen LogP) is 3.00. The monoisotopic (exact) mass is 180 g/mol. The highest BCUT2D eigenvalue weighted by atomic mass is 16.7. The molecule has 0 atom stereocenters. The molecule has 0 spiro atoms. The van der Waals surface area contributed by atoms with E-state index in [0.29, 0.717) is 6.79 Å². The molecule has 0 amide bonds. The standard InChI is InChI=1S/C9H10O2.C2H6/c1-2-7-4-3-5-8-9(7)11-6-10-8;1-2/h3-5H,2,6H2,1H3;1-2H3. The number of para-hydroxylation sites is 1. The molecule has 1 aliphatic heterocycles. The van der Waals surface area contributed by atoms with Crippen LogP contribution in [0.4, 0.5) is 0 Å². The normalized spacial score (nSPS) is 11.9. The van der Waals surface area contributed by atoms with Crippen molar-refractivity contribution < 1.29 is 9.47 Å². The fourth-order valence-electron chi connectivity index (χ4n) is 1.27. The van der Waals surface area contributed by atoms with Gasteiger partial charge in [-0.2, -0.15) is 0 Å². The molecule has 72 valence electrons. The number of aryl methyl sites for hydroxylation is 1. The highest BCUT2D eigenvalue weighted by Gasteiger charge is 2.15. The van der Waals surface area contributed by atoms with Gasteiger partial charge in [0.2, 0.25) is 6.79 Å². The van der Waals surface area contributed by atoms with Crippen molar-refractivity contribution >= 4 is 0 Å². The third-order valence-corrected chi connectivity index (χ3v) is 1.86. The number of hydrogen-bond donors (Lipinski definition) is 0. The zero-order valence-corrected chi connectivity index (χ0v) is 8.46. The molecule has 0 fully saturated rings. The maximum absolute atomic E-state index is 5.30. The average Bonchev–Trinajstić information content (AvgIpc) is 2.68. The lowest BCUT2D eigenvalue weighted by Gasteiger charge is -2.00. The Morgan fingerprint density at radius 1 is 1.23 bits per heavy atom. The van der Waals surface area contributed by atoms with Crippen molar-refractivity contribution in [2.45, 2.75) is 27.2 Å². The van der Waals surface area contributed by atoms with Crippen LogP contribution in [0.2, 0.25) is 0 Å². The van der Waals surface area contributed by atoms with Gasteiger partial charge in [0, 0.05) is 0 Å². The quantitative estimate of drug-likeness (QED) is 0.661. The van der Waals surface area contributed by atoms with Crippen molar-refractivity contribution in [1.82, 2.24) is 0 Å². The number of rotatable bonds is 1. The van der Waals surface area contributed by atoms with E-state index in [1.165, 1.54) is 5.56 Å². The minimum atomic E-state index is 0.367. The van der Waals surface area contributed by atoms with E-state index in [9.17, 15) is 0 Å². The lowest BCUT2D eigenvalue weighted by atomic mass is 10.1. The Labute approximate surface area is 79.5 Å². The van der Waals surface area contributed by atoms with Crippen LogP contribution in [0.25, 0.3) is 0 Å². The molecule has 2 nitrogen and oxygen atoms in total. The fraction of sp³-hybridized carbons (Fsp3) is 0.455. The molecule has 0 aliphatic carbocycles. The zero-order valence-electron chi connectivity index (χ0n) is 8.46. The first-order valence-corrected chi connectivity index (χ1v) is 4.79. The molecule has 0 radical (unpaired) electrons. The van der Waals surface area contributed by atoms with Gasteiger partial charge in [-0.15, -0.1) is 0 Å². The van der Waals surface area contributed by atoms with Crippen molar-refractivity contribution in [3.05, 3.63) is 23.8 Å². The van der Waals surface area contributed by atoms with Crippen LogP contribution in [0.5, 0.6) is 11.5 Å². The van der Waals surface area contributed by atoms with E-state index >= 15 is 0 Å². The van der Waals surface area contributed by atoms with E-state index in [1.54, 1.807) is 0 Å². The molecule has 1 aromatic carbocycles. The molecule has 0 saturated heterocycles. The lowest BCUT2D eigenvalue weighted by molar-refractivity contribution is 0.173. The Balaban J connectivity index is 0.000000396. The second kappa shape index (κ2) is 4.75. The maximum atomic E-state index is 5.30. The summed E-state index contributed by atoms with van der Waals surface area (Å²) in [5.41, 5.74) is 1.22. The van der Waals surface area contributed by atoms with Gasteiger partial charge in [0.1, 0.15) is 0 Å². The van der Waals surface area contributed by atoms with Crippen molar-refractivity contribution in [3.63, 3.8) is 0 Å². The number of benzene rings is 1. The Bertz CT molecular complexity index is 269. The third kappa shape index (κ3) is 1.94. The van der Waals surface area contributed by atoms with Gasteiger partial charge in [-0.25, -0.2) is 0 Å². The van der Waals surface area contributed by atoms with E-state index in [-0.39, 0.29) is 0 Å². The van der Waals surface area contributed by atoms with Gasteiger partial charge >= 0.3 is 0 Å². The molecule has 13 heavy (non-hydrogen) atoms. The fourth-order valence-corrected chi connectivity index (χ4v) is 1.27. The zero-order chi connectivity index (χ0) is 9.68. The molecular formula is C11H16O2. The molecular weight excluding hydrogens is 164 g/mol. The van der Waals surface area contributed by atoms with Gasteiger partial charge in [-0.1, -0.05) is 32.9 Å². The van der Waals surface area contributed by atoms with Gasteiger partial charge < -0.3 is 9.47 Å². The van der Waals surface area contributed by atoms with E-state index < -0.39 is 0 Å². The maximum Gasteiger partial charge on any atom is 0.231 e. The minimum absolute atomic E-state index is 0.367. The molecule has 1 aromatic rings. The SMILES string of the molecule is CC.CCc1cccc2c1OCO2. The summed E-state index contributed by atoms with van der Waals surface area (Å²) in [6.45, 7) is 6.48. The summed E-state index contributed by atoms with van der Waals surface area (Å²) in [5, 5.41) is 0. The molecule has 2 heteroatoms. The van der Waals surface area contributed by atoms with Crippen molar-refractivity contribution in [1.29, 1.82) is 0 Å². The summed E-state index contributed by atoms with van der Waals surface area (Å²) in [6.07, 6.45) is 0.993. The smallest absolute Gasteiger partial charge is 0.231 e. The van der Waals surface area contributed by atoms with Gasteiger partial charge in [-0.3, -0.25) is 0 Å². The largest absolute Gasteiger partial charge is 0.454 e. The Morgan fingerprint density at radius 2 is 2.00 bits per heavy atom. The van der Waals surface area contributed by atoms with E-state index in [0.717, 1.165) is 17.9 Å². The van der Waals surface area contributed by atoms with E-state index in [4.69, 9.17) is 9.47 Å². The molecule has 0 aromatic heterocycles. The molecule has 0 bridgehead atoms. The summed E-state index contributed by atoms with van der Waals surface area (Å²) < 4.78 is 10.5. The molecule has 1 heterocycles. The van der Waals surface area contributed by atoms with Crippen LogP contribution in [-0.2, 0) is 6.42 Å². The average molecular weight is 180 g/mol. The van der Waals surface area contributed by atoms with Crippen LogP contribution in [0.15, 0.2) is 18.2 Å². The Hall–Kier alpha value is -1.18. The van der Waals surface area contributed by atoms with Crippen molar-refractivity contribution in [2.75, 3.05) is 6.79 Å². The number of ether oxygens (including phenoxy) is 2. The van der Waals surface area contributed by atoms with E-state index in [2.05, 4.69) is 13.0 Å². The molecule has 2 rings (SSSR count). The summed E-state index contributed by atoms with van der Waals surface area (Å²) in [7, 11) is 0. The summed E-state index contributed by atoms with van der Waals surface area (Å²) in [4.78, 5) is 0. The van der Waals surface area contributed by atoms with Crippen LogP contribution in [0.3, 0.4) is 0 Å². The van der Waals surface area contributed by atoms with Crippen LogP contribution in [0, 0.1) is 0 Å². The molecule has 0 N–H and O–H groups in total. The molecule has 0 unspecified atom stereocenters. The second-order valence-electron chi connectivity index (χ2n) is 2.50. The third-order valence-electron chi connectivity index (χ3n) is 1.86. The van der Waals surface area contributed by atoms with Crippen LogP contribution < -0.4 is 9.47 Å². The predicted molar refractivity (Wildman–Crippen MR) is 53.3 cm³/mol. The minimum Gasteiger partial charge on any atom is -0.454 e. The van der Waals surface area contributed by atoms with Crippen LogP contribution in [0.1, 0.15) is 26.3 Å². The van der Waals surface area contributed by atoms with Crippen LogP contribution in [-0.4, -0.2) is 6.79 Å². The van der Waals surface area contributed by atoms with Gasteiger partial charge in [0.25, 0.3) is 0 Å². The highest BCUT2D eigenvalue weighted by molar-refractivity contribution is 5.47. The first kappa shape index (κ1) is 9.90. The lowest BCUT2D eigenvalue weighted by Crippen LogP contribution is -1.94. The van der Waals surface area contributed by atoms with Crippen LogP contribution >= 0.6 is 0 Å². The first-order chi connectivity index (χ1) is 6.42. The number of fused-ring (bicyclic) bond motifs is 1. The van der Waals surface area contributed by atoms with Gasteiger partial charge in [0.05, 0.1) is 0 Å². The molecule has 1 aliphatic rings. The Kier molecular flexibility index (Phi) is 3.62.